The van der Waals surface area contributed by atoms with Gasteiger partial charge in [-0.3, -0.25) is 0 Å². The van der Waals surface area contributed by atoms with E-state index in [2.05, 4.69) is 37.7 Å². The smallest absolute Gasteiger partial charge is 0.0505 e. The van der Waals surface area contributed by atoms with E-state index < -0.39 is 0 Å². The Morgan fingerprint density at radius 1 is 1.33 bits per heavy atom. The van der Waals surface area contributed by atoms with Crippen LogP contribution in [0, 0.1) is 5.41 Å². The van der Waals surface area contributed by atoms with Gasteiger partial charge in [-0.2, -0.15) is 0 Å². The zero-order valence-corrected chi connectivity index (χ0v) is 6.23. The summed E-state index contributed by atoms with van der Waals surface area (Å²) in [5.74, 6) is 0. The van der Waals surface area contributed by atoms with Crippen molar-refractivity contribution in [3.63, 3.8) is 0 Å². The van der Waals surface area contributed by atoms with Crippen LogP contribution in [0.3, 0.4) is 0 Å². The third-order valence-electron chi connectivity index (χ3n) is 1.54. The van der Waals surface area contributed by atoms with E-state index in [9.17, 15) is 0 Å². The first-order valence-electron chi connectivity index (χ1n) is 3.28. The third kappa shape index (κ3) is 1.45. The van der Waals surface area contributed by atoms with Crippen LogP contribution < -0.4 is 10.9 Å². The van der Waals surface area contributed by atoms with Gasteiger partial charge in [0.1, 0.15) is 0 Å². The first kappa shape index (κ1) is 6.62. The molecule has 0 radical (unpaired) electrons. The summed E-state index contributed by atoms with van der Waals surface area (Å²) in [5, 5.41) is 0. The molecule has 52 valence electrons. The summed E-state index contributed by atoms with van der Waals surface area (Å²) in [4.78, 5) is 0. The second-order valence-electron chi connectivity index (χ2n) is 3.49. The minimum Gasteiger partial charge on any atom is -0.328 e. The number of hydrogen-bond donors (Lipinski definition) is 2. The van der Waals surface area contributed by atoms with Gasteiger partial charge in [-0.15, -0.1) is 0 Å². The zero-order chi connectivity index (χ0) is 6.91. The number of hydrazine groups is 1. The van der Waals surface area contributed by atoms with E-state index in [0.29, 0.717) is 11.5 Å². The highest BCUT2D eigenvalue weighted by Gasteiger charge is 2.23. The highest BCUT2D eigenvalue weighted by Crippen LogP contribution is 2.20. The van der Waals surface area contributed by atoms with Crippen LogP contribution in [0.15, 0.2) is 12.3 Å². The lowest BCUT2D eigenvalue weighted by atomic mass is 9.88. The lowest BCUT2D eigenvalue weighted by molar-refractivity contribution is 0.315. The fraction of sp³-hybridized carbons (Fsp3) is 0.714. The first-order valence-corrected chi connectivity index (χ1v) is 3.28. The van der Waals surface area contributed by atoms with Crippen LogP contribution in [-0.4, -0.2) is 6.04 Å². The van der Waals surface area contributed by atoms with Crippen molar-refractivity contribution >= 4 is 0 Å². The summed E-state index contributed by atoms with van der Waals surface area (Å²) in [7, 11) is 0. The largest absolute Gasteiger partial charge is 0.328 e. The van der Waals surface area contributed by atoms with Gasteiger partial charge >= 0.3 is 0 Å². The van der Waals surface area contributed by atoms with E-state index in [1.165, 1.54) is 0 Å². The topological polar surface area (TPSA) is 24.1 Å². The Balaban J connectivity index is 2.53. The molecule has 2 N–H and O–H groups in total. The standard InChI is InChI=1S/C7H14N2/c1-7(2,3)6-4-5-8-9-6/h4-6,8-9H,1-3H3. The Morgan fingerprint density at radius 2 is 2.00 bits per heavy atom. The molecule has 1 unspecified atom stereocenters. The summed E-state index contributed by atoms with van der Waals surface area (Å²) in [6.45, 7) is 6.63. The molecule has 0 aromatic carbocycles. The Bertz CT molecular complexity index is 121. The average molecular weight is 126 g/mol. The van der Waals surface area contributed by atoms with Crippen LogP contribution in [0.2, 0.25) is 0 Å². The molecule has 2 heteroatoms. The number of hydrogen-bond acceptors (Lipinski definition) is 2. The fourth-order valence-electron chi connectivity index (χ4n) is 0.836. The van der Waals surface area contributed by atoms with Crippen LogP contribution in [0.25, 0.3) is 0 Å². The van der Waals surface area contributed by atoms with Gasteiger partial charge in [0.15, 0.2) is 0 Å². The molecule has 0 aromatic heterocycles. The van der Waals surface area contributed by atoms with E-state index in [1.807, 2.05) is 6.20 Å². The molecule has 1 atom stereocenters. The van der Waals surface area contributed by atoms with Gasteiger partial charge in [0.25, 0.3) is 0 Å². The molecule has 0 aliphatic carbocycles. The van der Waals surface area contributed by atoms with E-state index in [-0.39, 0.29) is 0 Å². The molecule has 2 nitrogen and oxygen atoms in total. The molecule has 1 heterocycles. The molecular weight excluding hydrogens is 112 g/mol. The summed E-state index contributed by atoms with van der Waals surface area (Å²) >= 11 is 0. The summed E-state index contributed by atoms with van der Waals surface area (Å²) in [5.41, 5.74) is 6.40. The highest BCUT2D eigenvalue weighted by atomic mass is 15.4. The van der Waals surface area contributed by atoms with Crippen molar-refractivity contribution in [3.05, 3.63) is 12.3 Å². The molecule has 1 aliphatic heterocycles. The van der Waals surface area contributed by atoms with E-state index in [1.54, 1.807) is 0 Å². The molecule has 0 saturated heterocycles. The van der Waals surface area contributed by atoms with Crippen molar-refractivity contribution < 1.29 is 0 Å². The second-order valence-corrected chi connectivity index (χ2v) is 3.49. The Morgan fingerprint density at radius 3 is 2.22 bits per heavy atom. The van der Waals surface area contributed by atoms with Gasteiger partial charge in [0.05, 0.1) is 6.04 Å². The first-order chi connectivity index (χ1) is 4.11. The predicted molar refractivity (Wildman–Crippen MR) is 38.7 cm³/mol. The van der Waals surface area contributed by atoms with Gasteiger partial charge < -0.3 is 5.43 Å². The van der Waals surface area contributed by atoms with E-state index in [0.717, 1.165) is 0 Å². The van der Waals surface area contributed by atoms with Gasteiger partial charge in [0.2, 0.25) is 0 Å². The number of rotatable bonds is 0. The van der Waals surface area contributed by atoms with E-state index in [4.69, 9.17) is 0 Å². The molecule has 1 rings (SSSR count). The minimum absolute atomic E-state index is 0.319. The second kappa shape index (κ2) is 2.03. The molecule has 9 heavy (non-hydrogen) atoms. The van der Waals surface area contributed by atoms with Gasteiger partial charge in [0, 0.05) is 6.20 Å². The predicted octanol–water partition coefficient (Wildman–Crippen LogP) is 1.02. The van der Waals surface area contributed by atoms with E-state index >= 15 is 0 Å². The third-order valence-corrected chi connectivity index (χ3v) is 1.54. The van der Waals surface area contributed by atoms with Crippen LogP contribution in [0.1, 0.15) is 20.8 Å². The van der Waals surface area contributed by atoms with Crippen molar-refractivity contribution in [2.75, 3.05) is 0 Å². The quantitative estimate of drug-likeness (QED) is 0.506. The normalized spacial score (nSPS) is 26.3. The molecule has 0 aromatic rings. The molecule has 0 amide bonds. The van der Waals surface area contributed by atoms with Crippen LogP contribution in [0.5, 0.6) is 0 Å². The zero-order valence-electron chi connectivity index (χ0n) is 6.23. The van der Waals surface area contributed by atoms with Gasteiger partial charge in [-0.05, 0) is 11.5 Å². The highest BCUT2D eigenvalue weighted by molar-refractivity contribution is 5.02. The van der Waals surface area contributed by atoms with Crippen molar-refractivity contribution in [2.24, 2.45) is 5.41 Å². The molecule has 0 saturated carbocycles. The van der Waals surface area contributed by atoms with Crippen LogP contribution >= 0.6 is 0 Å². The maximum Gasteiger partial charge on any atom is 0.0505 e. The summed E-state index contributed by atoms with van der Waals surface area (Å²) < 4.78 is 0. The molecule has 1 aliphatic rings. The monoisotopic (exact) mass is 126 g/mol. The Hall–Kier alpha value is -0.500. The summed E-state index contributed by atoms with van der Waals surface area (Å²) in [6, 6.07) is 0.470. The van der Waals surface area contributed by atoms with Gasteiger partial charge in [-0.1, -0.05) is 20.8 Å². The van der Waals surface area contributed by atoms with Crippen LogP contribution in [-0.2, 0) is 0 Å². The van der Waals surface area contributed by atoms with Crippen molar-refractivity contribution in [2.45, 2.75) is 26.8 Å². The van der Waals surface area contributed by atoms with Crippen molar-refractivity contribution in [1.29, 1.82) is 0 Å². The Labute approximate surface area is 56.3 Å². The molecular formula is C7H14N2. The maximum atomic E-state index is 3.14. The SMILES string of the molecule is CC(C)(C)C1C=CNN1. The minimum atomic E-state index is 0.319. The van der Waals surface area contributed by atoms with Crippen LogP contribution in [0.4, 0.5) is 0 Å². The fourth-order valence-corrected chi connectivity index (χ4v) is 0.836. The molecule has 0 bridgehead atoms. The lowest BCUT2D eigenvalue weighted by Gasteiger charge is -2.24. The average Bonchev–Trinajstić information content (AvgIpc) is 2.08. The van der Waals surface area contributed by atoms with Gasteiger partial charge in [-0.25, -0.2) is 5.43 Å². The van der Waals surface area contributed by atoms with Crippen molar-refractivity contribution in [1.82, 2.24) is 10.9 Å². The van der Waals surface area contributed by atoms with Crippen molar-refractivity contribution in [3.8, 4) is 0 Å². The lowest BCUT2D eigenvalue weighted by Crippen LogP contribution is -2.39. The Kier molecular flexibility index (Phi) is 1.49. The molecule has 0 spiro atoms. The number of nitrogens with one attached hydrogen (secondary N) is 2. The molecule has 0 fully saturated rings. The maximum absolute atomic E-state index is 3.14. The summed E-state index contributed by atoms with van der Waals surface area (Å²) in [6.07, 6.45) is 4.08.